The van der Waals surface area contributed by atoms with Crippen LogP contribution in [0.5, 0.6) is 0 Å². The van der Waals surface area contributed by atoms with Crippen molar-refractivity contribution in [3.05, 3.63) is 60.7 Å². The van der Waals surface area contributed by atoms with Crippen molar-refractivity contribution in [2.45, 2.75) is 4.90 Å². The average molecular weight is 492 g/mol. The van der Waals surface area contributed by atoms with Gasteiger partial charge in [0.2, 0.25) is 20.0 Å². The Bertz CT molecular complexity index is 1390. The first-order chi connectivity index (χ1) is 15.6. The van der Waals surface area contributed by atoms with Crippen molar-refractivity contribution in [1.82, 2.24) is 18.6 Å². The van der Waals surface area contributed by atoms with Crippen LogP contribution in [-0.2, 0) is 20.0 Å². The molecule has 2 N–H and O–H groups in total. The highest BCUT2D eigenvalue weighted by atomic mass is 32.2. The molecule has 1 fully saturated rings. The molecule has 0 radical (unpaired) electrons. The zero-order chi connectivity index (χ0) is 23.8. The summed E-state index contributed by atoms with van der Waals surface area (Å²) in [6.45, 7) is 0.220. The average Bonchev–Trinajstić information content (AvgIpc) is 2.79. The summed E-state index contributed by atoms with van der Waals surface area (Å²) in [6.07, 6.45) is 3.79. The number of rotatable bonds is 5. The van der Waals surface area contributed by atoms with Gasteiger partial charge < -0.3 is 5.73 Å². The van der Waals surface area contributed by atoms with Gasteiger partial charge in [0, 0.05) is 37.3 Å². The quantitative estimate of drug-likeness (QED) is 0.577. The van der Waals surface area contributed by atoms with Crippen LogP contribution < -0.4 is 5.73 Å². The van der Waals surface area contributed by atoms with E-state index in [4.69, 9.17) is 5.73 Å². The molecule has 0 amide bonds. The van der Waals surface area contributed by atoms with Crippen molar-refractivity contribution in [2.75, 3.05) is 38.2 Å². The Morgan fingerprint density at radius 3 is 2.15 bits per heavy atom. The zero-order valence-electron chi connectivity index (χ0n) is 17.7. The van der Waals surface area contributed by atoms with Gasteiger partial charge in [-0.3, -0.25) is 4.98 Å². The van der Waals surface area contributed by atoms with Gasteiger partial charge in [-0.25, -0.2) is 26.2 Å². The molecule has 0 unspecified atom stereocenters. The zero-order valence-corrected chi connectivity index (χ0v) is 19.4. The lowest BCUT2D eigenvalue weighted by Crippen LogP contribution is -2.50. The van der Waals surface area contributed by atoms with Gasteiger partial charge in [0.05, 0.1) is 29.2 Å². The molecule has 1 aliphatic heterocycles. The fourth-order valence-corrected chi connectivity index (χ4v) is 6.14. The van der Waals surface area contributed by atoms with Crippen molar-refractivity contribution in [1.29, 1.82) is 0 Å². The lowest BCUT2D eigenvalue weighted by atomic mass is 10.0. The van der Waals surface area contributed by atoms with Crippen molar-refractivity contribution >= 4 is 25.9 Å². The number of halogens is 1. The Morgan fingerprint density at radius 1 is 0.879 bits per heavy atom. The van der Waals surface area contributed by atoms with Gasteiger partial charge in [0.1, 0.15) is 11.6 Å². The molecule has 0 saturated carbocycles. The van der Waals surface area contributed by atoms with E-state index < -0.39 is 25.9 Å². The molecule has 1 aliphatic rings. The number of nitrogens with two attached hydrogens (primary N) is 1. The molecule has 0 aliphatic carbocycles. The predicted molar refractivity (Wildman–Crippen MR) is 122 cm³/mol. The molecule has 0 bridgehead atoms. The van der Waals surface area contributed by atoms with E-state index in [1.54, 1.807) is 24.3 Å². The maximum Gasteiger partial charge on any atom is 0.243 e. The van der Waals surface area contributed by atoms with Gasteiger partial charge >= 0.3 is 0 Å². The van der Waals surface area contributed by atoms with Crippen LogP contribution in [-0.4, -0.2) is 67.8 Å². The van der Waals surface area contributed by atoms with E-state index in [9.17, 15) is 21.2 Å². The molecule has 12 heteroatoms. The molecule has 33 heavy (non-hydrogen) atoms. The van der Waals surface area contributed by atoms with Gasteiger partial charge in [-0.2, -0.15) is 8.61 Å². The minimum absolute atomic E-state index is 0.0252. The van der Waals surface area contributed by atoms with E-state index in [1.807, 2.05) is 0 Å². The van der Waals surface area contributed by atoms with Crippen LogP contribution in [0.2, 0.25) is 0 Å². The molecule has 2 aromatic carbocycles. The summed E-state index contributed by atoms with van der Waals surface area (Å²) in [5.74, 6) is -0.368. The summed E-state index contributed by atoms with van der Waals surface area (Å²) in [4.78, 5) is 8.02. The Morgan fingerprint density at radius 2 is 1.55 bits per heavy atom. The predicted octanol–water partition coefficient (Wildman–Crippen LogP) is 1.80. The summed E-state index contributed by atoms with van der Waals surface area (Å²) in [5, 5.41) is 0. The highest BCUT2D eigenvalue weighted by molar-refractivity contribution is 7.89. The van der Waals surface area contributed by atoms with Crippen molar-refractivity contribution in [3.8, 4) is 22.4 Å². The molecule has 2 heterocycles. The highest BCUT2D eigenvalue weighted by Gasteiger charge is 2.32. The van der Waals surface area contributed by atoms with Gasteiger partial charge in [0.25, 0.3) is 0 Å². The van der Waals surface area contributed by atoms with Crippen LogP contribution in [0, 0.1) is 5.82 Å². The molecular weight excluding hydrogens is 469 g/mol. The Kier molecular flexibility index (Phi) is 6.18. The standard InChI is InChI=1S/C21H22FN5O4S2/c1-32(28,29)26-8-10-27(11-9-26)33(30,31)20-5-3-2-4-16(20)15-6-7-17(18(22)12-15)19-13-25-21(23)14-24-19/h2-7,12-14H,8-11H2,1H3,(H2,23,25). The molecule has 1 saturated heterocycles. The fraction of sp³-hybridized carbons (Fsp3) is 0.238. The second-order valence-corrected chi connectivity index (χ2v) is 11.5. The first-order valence-electron chi connectivity index (χ1n) is 9.99. The second-order valence-electron chi connectivity index (χ2n) is 7.58. The van der Waals surface area contributed by atoms with Crippen LogP contribution in [0.4, 0.5) is 10.2 Å². The number of aromatic nitrogens is 2. The summed E-state index contributed by atoms with van der Waals surface area (Å²) in [5.41, 5.74) is 6.77. The van der Waals surface area contributed by atoms with E-state index in [-0.39, 0.29) is 42.5 Å². The lowest BCUT2D eigenvalue weighted by molar-refractivity contribution is 0.274. The number of piperazine rings is 1. The van der Waals surface area contributed by atoms with Crippen molar-refractivity contribution < 1.29 is 21.2 Å². The largest absolute Gasteiger partial charge is 0.382 e. The van der Waals surface area contributed by atoms with Crippen molar-refractivity contribution in [2.24, 2.45) is 0 Å². The highest BCUT2D eigenvalue weighted by Crippen LogP contribution is 2.32. The van der Waals surface area contributed by atoms with Gasteiger partial charge in [0.15, 0.2) is 0 Å². The third-order valence-electron chi connectivity index (χ3n) is 5.40. The van der Waals surface area contributed by atoms with Gasteiger partial charge in [-0.15, -0.1) is 0 Å². The molecule has 0 spiro atoms. The Labute approximate surface area is 191 Å². The summed E-state index contributed by atoms with van der Waals surface area (Å²) in [7, 11) is -7.33. The van der Waals surface area contributed by atoms with Gasteiger partial charge in [-0.05, 0) is 23.8 Å². The smallest absolute Gasteiger partial charge is 0.243 e. The summed E-state index contributed by atoms with van der Waals surface area (Å²) in [6, 6.07) is 10.7. The molecular formula is C21H22FN5O4S2. The van der Waals surface area contributed by atoms with E-state index in [0.717, 1.165) is 6.26 Å². The molecule has 9 nitrogen and oxygen atoms in total. The minimum atomic E-state index is -3.94. The topological polar surface area (TPSA) is 127 Å². The lowest BCUT2D eigenvalue weighted by Gasteiger charge is -2.32. The first kappa shape index (κ1) is 23.2. The van der Waals surface area contributed by atoms with E-state index in [0.29, 0.717) is 16.8 Å². The maximum absolute atomic E-state index is 14.9. The molecule has 4 rings (SSSR count). The first-order valence-corrected chi connectivity index (χ1v) is 13.3. The van der Waals surface area contributed by atoms with Crippen LogP contribution in [0.25, 0.3) is 22.4 Å². The molecule has 1 aromatic heterocycles. The number of anilines is 1. The van der Waals surface area contributed by atoms with Crippen molar-refractivity contribution in [3.63, 3.8) is 0 Å². The maximum atomic E-state index is 14.9. The minimum Gasteiger partial charge on any atom is -0.382 e. The fourth-order valence-electron chi connectivity index (χ4n) is 3.68. The number of hydrogen-bond donors (Lipinski definition) is 1. The number of sulfonamides is 2. The van der Waals surface area contributed by atoms with E-state index >= 15 is 0 Å². The number of benzene rings is 2. The molecule has 3 aromatic rings. The van der Waals surface area contributed by atoms with Crippen LogP contribution in [0.1, 0.15) is 0 Å². The molecule has 0 atom stereocenters. The SMILES string of the molecule is CS(=O)(=O)N1CCN(S(=O)(=O)c2ccccc2-c2ccc(-c3cnc(N)cn3)c(F)c2)CC1. The normalized spacial score (nSPS) is 16.1. The number of nitrogens with zero attached hydrogens (tertiary/aromatic N) is 4. The number of hydrogen-bond acceptors (Lipinski definition) is 7. The summed E-state index contributed by atoms with van der Waals surface area (Å²) >= 11 is 0. The Balaban J connectivity index is 1.67. The number of nitrogen functional groups attached to an aromatic ring is 1. The monoisotopic (exact) mass is 491 g/mol. The van der Waals surface area contributed by atoms with Crippen LogP contribution in [0.15, 0.2) is 59.8 Å². The van der Waals surface area contributed by atoms with E-state index in [2.05, 4.69) is 9.97 Å². The third kappa shape index (κ3) is 4.74. The van der Waals surface area contributed by atoms with Crippen LogP contribution in [0.3, 0.4) is 0 Å². The second kappa shape index (κ2) is 8.78. The third-order valence-corrected chi connectivity index (χ3v) is 8.66. The van der Waals surface area contributed by atoms with Crippen LogP contribution >= 0.6 is 0 Å². The molecule has 174 valence electrons. The van der Waals surface area contributed by atoms with Gasteiger partial charge in [-0.1, -0.05) is 24.3 Å². The Hall–Kier alpha value is -2.93. The summed E-state index contributed by atoms with van der Waals surface area (Å²) < 4.78 is 67.7. The van der Waals surface area contributed by atoms with E-state index in [1.165, 1.54) is 39.2 Å².